The number of aryl methyl sites for hydroxylation is 2. The quantitative estimate of drug-likeness (QED) is 0.924. The Bertz CT molecular complexity index is 620. The number of para-hydroxylation sites is 1. The summed E-state index contributed by atoms with van der Waals surface area (Å²) in [4.78, 5) is 14.0. The predicted molar refractivity (Wildman–Crippen MR) is 82.0 cm³/mol. The van der Waals surface area contributed by atoms with Gasteiger partial charge in [-0.25, -0.2) is 0 Å². The zero-order valence-corrected chi connectivity index (χ0v) is 13.1. The third-order valence-corrected chi connectivity index (χ3v) is 3.52. The van der Waals surface area contributed by atoms with E-state index in [0.29, 0.717) is 35.2 Å². The Balaban J connectivity index is 1.92. The third-order valence-electron chi connectivity index (χ3n) is 3.21. The highest BCUT2D eigenvalue weighted by molar-refractivity contribution is 6.32. The van der Waals surface area contributed by atoms with Crippen LogP contribution in [0, 0.1) is 13.8 Å². The number of hydrogen-bond acceptors (Lipinski definition) is 3. The molecule has 21 heavy (non-hydrogen) atoms. The first-order valence-corrected chi connectivity index (χ1v) is 7.03. The van der Waals surface area contributed by atoms with Crippen molar-refractivity contribution in [2.45, 2.75) is 13.8 Å². The minimum atomic E-state index is -0.0680. The van der Waals surface area contributed by atoms with Gasteiger partial charge in [0.15, 0.2) is 0 Å². The highest BCUT2D eigenvalue weighted by Crippen LogP contribution is 2.22. The van der Waals surface area contributed by atoms with E-state index in [9.17, 15) is 4.79 Å². The molecule has 1 aromatic heterocycles. The molecule has 1 amide bonds. The Morgan fingerprint density at radius 1 is 1.38 bits per heavy atom. The Labute approximate surface area is 128 Å². The molecule has 0 bridgehead atoms. The second-order valence-corrected chi connectivity index (χ2v) is 5.22. The summed E-state index contributed by atoms with van der Waals surface area (Å²) in [5.41, 5.74) is 2.10. The van der Waals surface area contributed by atoms with Crippen LogP contribution in [0.15, 0.2) is 24.3 Å². The van der Waals surface area contributed by atoms with Crippen LogP contribution in [-0.4, -0.2) is 41.2 Å². The first-order valence-electron chi connectivity index (χ1n) is 6.65. The average molecular weight is 308 g/mol. The van der Waals surface area contributed by atoms with Crippen molar-refractivity contribution in [3.8, 4) is 5.75 Å². The predicted octanol–water partition coefficient (Wildman–Crippen LogP) is 2.83. The Hall–Kier alpha value is -2.01. The van der Waals surface area contributed by atoms with E-state index in [1.165, 1.54) is 0 Å². The second kappa shape index (κ2) is 6.63. The molecule has 0 atom stereocenters. The van der Waals surface area contributed by atoms with Crippen LogP contribution in [0.2, 0.25) is 5.02 Å². The number of aromatic amines is 1. The molecule has 112 valence electrons. The fourth-order valence-corrected chi connectivity index (χ4v) is 2.20. The van der Waals surface area contributed by atoms with E-state index in [1.54, 1.807) is 24.1 Å². The average Bonchev–Trinajstić information content (AvgIpc) is 2.79. The summed E-state index contributed by atoms with van der Waals surface area (Å²) >= 11 is 6.01. The summed E-state index contributed by atoms with van der Waals surface area (Å²) in [6, 6.07) is 7.27. The summed E-state index contributed by atoms with van der Waals surface area (Å²) in [7, 11) is 1.74. The van der Waals surface area contributed by atoms with Crippen LogP contribution in [-0.2, 0) is 0 Å². The number of carbonyl (C=O) groups is 1. The van der Waals surface area contributed by atoms with Crippen LogP contribution >= 0.6 is 11.6 Å². The van der Waals surface area contributed by atoms with Gasteiger partial charge >= 0.3 is 0 Å². The third kappa shape index (κ3) is 3.55. The molecule has 5 nitrogen and oxygen atoms in total. The smallest absolute Gasteiger partial charge is 0.257 e. The lowest BCUT2D eigenvalue weighted by atomic mass is 10.2. The van der Waals surface area contributed by atoms with Crippen LogP contribution in [0.3, 0.4) is 0 Å². The second-order valence-electron chi connectivity index (χ2n) is 4.81. The van der Waals surface area contributed by atoms with E-state index in [-0.39, 0.29) is 5.91 Å². The molecule has 2 rings (SSSR count). The van der Waals surface area contributed by atoms with Gasteiger partial charge in [-0.15, -0.1) is 0 Å². The van der Waals surface area contributed by atoms with Gasteiger partial charge in [0.2, 0.25) is 0 Å². The summed E-state index contributed by atoms with van der Waals surface area (Å²) in [5.74, 6) is 0.553. The molecule has 0 fully saturated rings. The Morgan fingerprint density at radius 2 is 2.10 bits per heavy atom. The number of benzene rings is 1. The Kier molecular flexibility index (Phi) is 4.85. The fourth-order valence-electron chi connectivity index (χ4n) is 2.01. The largest absolute Gasteiger partial charge is 0.490 e. The van der Waals surface area contributed by atoms with E-state index in [2.05, 4.69) is 10.2 Å². The molecule has 0 radical (unpaired) electrons. The van der Waals surface area contributed by atoms with E-state index in [0.717, 1.165) is 5.69 Å². The van der Waals surface area contributed by atoms with Gasteiger partial charge in [0.05, 0.1) is 22.8 Å². The number of H-pyrrole nitrogens is 1. The van der Waals surface area contributed by atoms with Gasteiger partial charge in [-0.2, -0.15) is 5.10 Å². The molecular formula is C15H18ClN3O2. The Morgan fingerprint density at radius 3 is 2.71 bits per heavy atom. The van der Waals surface area contributed by atoms with Crippen molar-refractivity contribution in [2.75, 3.05) is 20.2 Å². The van der Waals surface area contributed by atoms with Crippen LogP contribution in [0.25, 0.3) is 0 Å². The highest BCUT2D eigenvalue weighted by atomic mass is 35.5. The van der Waals surface area contributed by atoms with E-state index in [1.807, 2.05) is 26.0 Å². The maximum Gasteiger partial charge on any atom is 0.257 e. The lowest BCUT2D eigenvalue weighted by Gasteiger charge is -2.18. The monoisotopic (exact) mass is 307 g/mol. The molecule has 1 N–H and O–H groups in total. The first kappa shape index (κ1) is 15.4. The van der Waals surface area contributed by atoms with Crippen molar-refractivity contribution in [2.24, 2.45) is 0 Å². The van der Waals surface area contributed by atoms with Crippen molar-refractivity contribution in [1.82, 2.24) is 15.1 Å². The molecule has 0 saturated heterocycles. The van der Waals surface area contributed by atoms with Crippen LogP contribution in [0.4, 0.5) is 0 Å². The zero-order valence-electron chi connectivity index (χ0n) is 12.3. The molecule has 0 spiro atoms. The van der Waals surface area contributed by atoms with Gasteiger partial charge < -0.3 is 9.64 Å². The summed E-state index contributed by atoms with van der Waals surface area (Å²) < 4.78 is 5.59. The van der Waals surface area contributed by atoms with Crippen molar-refractivity contribution < 1.29 is 9.53 Å². The van der Waals surface area contributed by atoms with Crippen molar-refractivity contribution in [3.63, 3.8) is 0 Å². The number of amides is 1. The molecular weight excluding hydrogens is 290 g/mol. The van der Waals surface area contributed by atoms with Crippen LogP contribution in [0.1, 0.15) is 21.7 Å². The molecule has 1 heterocycles. The topological polar surface area (TPSA) is 58.2 Å². The maximum atomic E-state index is 12.3. The first-order chi connectivity index (χ1) is 10.0. The number of carbonyl (C=O) groups excluding carboxylic acids is 1. The van der Waals surface area contributed by atoms with Gasteiger partial charge in [0, 0.05) is 12.7 Å². The number of nitrogens with zero attached hydrogens (tertiary/aromatic N) is 2. The molecule has 0 unspecified atom stereocenters. The van der Waals surface area contributed by atoms with Gasteiger partial charge in [0.1, 0.15) is 12.4 Å². The lowest BCUT2D eigenvalue weighted by Crippen LogP contribution is -2.31. The van der Waals surface area contributed by atoms with Gasteiger partial charge in [-0.05, 0) is 26.0 Å². The van der Waals surface area contributed by atoms with E-state index < -0.39 is 0 Å². The number of halogens is 1. The summed E-state index contributed by atoms with van der Waals surface area (Å²) in [5, 5.41) is 7.42. The summed E-state index contributed by atoms with van der Waals surface area (Å²) in [6.07, 6.45) is 0. The van der Waals surface area contributed by atoms with Crippen molar-refractivity contribution in [1.29, 1.82) is 0 Å². The van der Waals surface area contributed by atoms with Gasteiger partial charge in [-0.3, -0.25) is 9.89 Å². The number of ether oxygens (including phenoxy) is 1. The molecule has 1 aromatic carbocycles. The van der Waals surface area contributed by atoms with Crippen LogP contribution < -0.4 is 4.74 Å². The highest BCUT2D eigenvalue weighted by Gasteiger charge is 2.19. The van der Waals surface area contributed by atoms with Crippen molar-refractivity contribution >= 4 is 17.5 Å². The fraction of sp³-hybridized carbons (Fsp3) is 0.333. The molecule has 0 aliphatic heterocycles. The number of rotatable bonds is 5. The molecule has 6 heteroatoms. The molecule has 0 saturated carbocycles. The van der Waals surface area contributed by atoms with Crippen molar-refractivity contribution in [3.05, 3.63) is 46.2 Å². The van der Waals surface area contributed by atoms with Crippen LogP contribution in [0.5, 0.6) is 5.75 Å². The number of hydrogen-bond donors (Lipinski definition) is 1. The van der Waals surface area contributed by atoms with Gasteiger partial charge in [0.25, 0.3) is 5.91 Å². The molecule has 0 aliphatic carbocycles. The number of aromatic nitrogens is 2. The summed E-state index contributed by atoms with van der Waals surface area (Å²) in [6.45, 7) is 4.49. The maximum absolute atomic E-state index is 12.3. The standard InChI is InChI=1S/C15H18ClN3O2/c1-10-14(11(2)18-17-10)15(20)19(3)8-9-21-13-7-5-4-6-12(13)16/h4-7H,8-9H2,1-3H3,(H,17,18). The van der Waals surface area contributed by atoms with E-state index in [4.69, 9.17) is 16.3 Å². The minimum Gasteiger partial charge on any atom is -0.490 e. The lowest BCUT2D eigenvalue weighted by molar-refractivity contribution is 0.0772. The number of nitrogens with one attached hydrogen (secondary N) is 1. The minimum absolute atomic E-state index is 0.0680. The van der Waals surface area contributed by atoms with E-state index >= 15 is 0 Å². The molecule has 2 aromatic rings. The molecule has 0 aliphatic rings. The zero-order chi connectivity index (χ0) is 15.4. The normalized spacial score (nSPS) is 10.5. The SMILES string of the molecule is Cc1n[nH]c(C)c1C(=O)N(C)CCOc1ccccc1Cl. The number of likely N-dealkylation sites (N-methyl/N-ethyl adjacent to an activating group) is 1. The van der Waals surface area contributed by atoms with Gasteiger partial charge in [-0.1, -0.05) is 23.7 Å².